The molecule has 0 unspecified atom stereocenters. The van der Waals surface area contributed by atoms with Gasteiger partial charge in [-0.1, -0.05) is 36.5 Å². The van der Waals surface area contributed by atoms with Crippen LogP contribution in [0.4, 0.5) is 17.1 Å². The molecule has 1 aromatic carbocycles. The van der Waals surface area contributed by atoms with Gasteiger partial charge in [-0.05, 0) is 24.1 Å². The van der Waals surface area contributed by atoms with Crippen molar-refractivity contribution in [3.05, 3.63) is 86.0 Å². The average molecular weight is 326 g/mol. The van der Waals surface area contributed by atoms with Crippen LogP contribution >= 0.6 is 0 Å². The minimum atomic E-state index is -0.696. The Kier molecular flexibility index (Phi) is 5.35. The van der Waals surface area contributed by atoms with E-state index in [1.807, 2.05) is 43.4 Å². The second-order valence-electron chi connectivity index (χ2n) is 4.83. The van der Waals surface area contributed by atoms with Crippen LogP contribution in [0.15, 0.2) is 70.9 Å². The Hall–Kier alpha value is -3.55. The Morgan fingerprint density at radius 2 is 1.75 bits per heavy atom. The molecular formula is C16H14N4O4. The van der Waals surface area contributed by atoms with Gasteiger partial charge in [-0.25, -0.2) is 0 Å². The maximum Gasteiger partial charge on any atom is 0.301 e. The number of nitro groups is 2. The summed E-state index contributed by atoms with van der Waals surface area (Å²) in [5.74, 6) is 0. The van der Waals surface area contributed by atoms with Crippen molar-refractivity contribution in [2.24, 2.45) is 5.10 Å². The lowest BCUT2D eigenvalue weighted by atomic mass is 10.1. The first kappa shape index (κ1) is 16.8. The summed E-state index contributed by atoms with van der Waals surface area (Å²) in [4.78, 5) is 20.4. The van der Waals surface area contributed by atoms with Gasteiger partial charge in [-0.2, -0.15) is 5.10 Å². The van der Waals surface area contributed by atoms with Gasteiger partial charge in [0.2, 0.25) is 0 Å². The van der Waals surface area contributed by atoms with Gasteiger partial charge in [0.25, 0.3) is 5.69 Å². The van der Waals surface area contributed by atoms with E-state index in [2.05, 4.69) is 10.5 Å². The van der Waals surface area contributed by atoms with Crippen LogP contribution in [0.1, 0.15) is 6.92 Å². The van der Waals surface area contributed by atoms with Crippen molar-refractivity contribution in [2.75, 3.05) is 5.43 Å². The van der Waals surface area contributed by atoms with E-state index in [0.29, 0.717) is 0 Å². The van der Waals surface area contributed by atoms with Gasteiger partial charge < -0.3 is 0 Å². The van der Waals surface area contributed by atoms with Crippen molar-refractivity contribution in [3.8, 4) is 0 Å². The Labute approximate surface area is 137 Å². The summed E-state index contributed by atoms with van der Waals surface area (Å²) in [5.41, 5.74) is 3.67. The van der Waals surface area contributed by atoms with Gasteiger partial charge in [0.15, 0.2) is 0 Å². The number of hydrogen-bond acceptors (Lipinski definition) is 6. The minimum absolute atomic E-state index is 0.0744. The zero-order valence-electron chi connectivity index (χ0n) is 12.7. The number of hydrazone groups is 1. The molecule has 0 heterocycles. The molecule has 0 saturated heterocycles. The Bertz CT molecular complexity index is 819. The van der Waals surface area contributed by atoms with Crippen LogP contribution < -0.4 is 5.43 Å². The van der Waals surface area contributed by atoms with Gasteiger partial charge in [0, 0.05) is 6.07 Å². The fourth-order valence-corrected chi connectivity index (χ4v) is 1.91. The van der Waals surface area contributed by atoms with Crippen LogP contribution in [0, 0.1) is 20.2 Å². The molecule has 0 saturated carbocycles. The highest BCUT2D eigenvalue weighted by Crippen LogP contribution is 2.28. The van der Waals surface area contributed by atoms with Crippen LogP contribution in [0.25, 0.3) is 0 Å². The number of nitrogens with one attached hydrogen (secondary N) is 1. The van der Waals surface area contributed by atoms with Crippen molar-refractivity contribution in [1.82, 2.24) is 0 Å². The zero-order chi connectivity index (χ0) is 17.5. The Morgan fingerprint density at radius 3 is 2.42 bits per heavy atom. The monoisotopic (exact) mass is 326 g/mol. The molecule has 0 aliphatic heterocycles. The quantitative estimate of drug-likeness (QED) is 0.501. The molecule has 0 fully saturated rings. The third-order valence-electron chi connectivity index (χ3n) is 3.19. The summed E-state index contributed by atoms with van der Waals surface area (Å²) >= 11 is 0. The van der Waals surface area contributed by atoms with Gasteiger partial charge in [0.05, 0.1) is 22.1 Å². The van der Waals surface area contributed by atoms with Crippen molar-refractivity contribution in [1.29, 1.82) is 0 Å². The number of hydrogen-bond donors (Lipinski definition) is 1. The Balaban J connectivity index is 2.24. The van der Waals surface area contributed by atoms with Crippen LogP contribution in [0.2, 0.25) is 0 Å². The number of anilines is 1. The molecule has 8 nitrogen and oxygen atoms in total. The van der Waals surface area contributed by atoms with Gasteiger partial charge in [-0.15, -0.1) is 0 Å². The predicted molar refractivity (Wildman–Crippen MR) is 92.0 cm³/mol. The van der Waals surface area contributed by atoms with E-state index in [0.717, 1.165) is 17.2 Å². The maximum atomic E-state index is 11.1. The molecule has 0 spiro atoms. The van der Waals surface area contributed by atoms with E-state index in [1.54, 1.807) is 0 Å². The average Bonchev–Trinajstić information content (AvgIpc) is 2.53. The summed E-state index contributed by atoms with van der Waals surface area (Å²) < 4.78 is 0. The first-order valence-electron chi connectivity index (χ1n) is 6.93. The molecule has 24 heavy (non-hydrogen) atoms. The topological polar surface area (TPSA) is 111 Å². The number of nitro benzene ring substituents is 2. The van der Waals surface area contributed by atoms with Crippen LogP contribution in [0.5, 0.6) is 0 Å². The highest BCUT2D eigenvalue weighted by molar-refractivity contribution is 5.85. The molecule has 2 rings (SSSR count). The zero-order valence-corrected chi connectivity index (χ0v) is 12.7. The van der Waals surface area contributed by atoms with E-state index in [-0.39, 0.29) is 11.4 Å². The second-order valence-corrected chi connectivity index (χ2v) is 4.83. The van der Waals surface area contributed by atoms with Crippen molar-refractivity contribution >= 4 is 23.3 Å². The van der Waals surface area contributed by atoms with Crippen molar-refractivity contribution in [3.63, 3.8) is 0 Å². The lowest BCUT2D eigenvalue weighted by Gasteiger charge is -2.03. The van der Waals surface area contributed by atoms with E-state index < -0.39 is 15.5 Å². The maximum absolute atomic E-state index is 11.1. The molecule has 1 N–H and O–H groups in total. The normalized spacial score (nSPS) is 20.9. The molecular weight excluding hydrogens is 312 g/mol. The summed E-state index contributed by atoms with van der Waals surface area (Å²) in [6.45, 7) is 1.91. The highest BCUT2D eigenvalue weighted by Gasteiger charge is 2.19. The lowest BCUT2D eigenvalue weighted by molar-refractivity contribution is -0.393. The molecule has 0 aromatic heterocycles. The van der Waals surface area contributed by atoms with Crippen molar-refractivity contribution < 1.29 is 9.85 Å². The molecule has 122 valence electrons. The van der Waals surface area contributed by atoms with Gasteiger partial charge in [-0.3, -0.25) is 25.7 Å². The van der Waals surface area contributed by atoms with E-state index in [9.17, 15) is 20.2 Å². The predicted octanol–water partition coefficient (Wildman–Crippen LogP) is 3.90. The summed E-state index contributed by atoms with van der Waals surface area (Å²) in [5, 5.41) is 25.8. The van der Waals surface area contributed by atoms with E-state index in [1.165, 1.54) is 18.3 Å². The molecule has 1 aliphatic carbocycles. The summed E-state index contributed by atoms with van der Waals surface area (Å²) in [6.07, 6.45) is 12.8. The van der Waals surface area contributed by atoms with E-state index >= 15 is 0 Å². The lowest BCUT2D eigenvalue weighted by Crippen LogP contribution is -1.99. The third-order valence-corrected chi connectivity index (χ3v) is 3.19. The standard InChI is InChI=1S/C16H14N4O4/c1-12-6-4-2-3-5-7-13(12)11-17-18-15-9-8-14(19(21)22)10-16(15)20(23)24/h2-11,18H,1H3/b3-2-,4-2?,5-3?,6-4-,7-5-,12-6?,13-7?,13-12+,17-11+. The summed E-state index contributed by atoms with van der Waals surface area (Å²) in [7, 11) is 0. The molecule has 8 heteroatoms. The molecule has 1 aromatic rings. The van der Waals surface area contributed by atoms with Crippen LogP contribution in [-0.4, -0.2) is 16.1 Å². The molecule has 0 radical (unpaired) electrons. The SMILES string of the molecule is CC1=C(\C=N\Nc2ccc([N+](=O)[O-])cc2[N+](=O)[O-])/C=C\C=C/C=C\1. The fourth-order valence-electron chi connectivity index (χ4n) is 1.91. The first-order valence-corrected chi connectivity index (χ1v) is 6.93. The largest absolute Gasteiger partial charge is 0.301 e. The highest BCUT2D eigenvalue weighted by atomic mass is 16.6. The Morgan fingerprint density at radius 1 is 1.04 bits per heavy atom. The minimum Gasteiger partial charge on any atom is -0.272 e. The number of rotatable bonds is 5. The van der Waals surface area contributed by atoms with Crippen LogP contribution in [0.3, 0.4) is 0 Å². The van der Waals surface area contributed by atoms with E-state index in [4.69, 9.17) is 0 Å². The van der Waals surface area contributed by atoms with Gasteiger partial charge >= 0.3 is 5.69 Å². The van der Waals surface area contributed by atoms with Crippen molar-refractivity contribution in [2.45, 2.75) is 6.92 Å². The molecule has 0 amide bonds. The van der Waals surface area contributed by atoms with Gasteiger partial charge in [0.1, 0.15) is 5.69 Å². The molecule has 0 atom stereocenters. The fraction of sp³-hybridized carbons (Fsp3) is 0.0625. The number of nitrogens with zero attached hydrogens (tertiary/aromatic N) is 3. The van der Waals surface area contributed by atoms with Crippen LogP contribution in [-0.2, 0) is 0 Å². The summed E-state index contributed by atoms with van der Waals surface area (Å²) in [6, 6.07) is 3.33. The smallest absolute Gasteiger partial charge is 0.272 e. The first-order chi connectivity index (χ1) is 11.5. The second kappa shape index (κ2) is 7.63. The molecule has 0 bridgehead atoms. The number of non-ortho nitro benzene ring substituents is 1. The molecule has 1 aliphatic rings. The number of allylic oxidation sites excluding steroid dienone is 8. The third kappa shape index (κ3) is 4.23. The number of benzene rings is 1.